The molecule has 1 aliphatic heterocycles. The number of piperidine rings is 1. The molecule has 2 aliphatic carbocycles. The Hall–Kier alpha value is -0.610. The Morgan fingerprint density at radius 2 is 1.90 bits per heavy atom. The van der Waals surface area contributed by atoms with Crippen LogP contribution in [0.2, 0.25) is 0 Å². The maximum Gasteiger partial charge on any atom is 0.234 e. The van der Waals surface area contributed by atoms with Gasteiger partial charge in [0.05, 0.1) is 6.54 Å². The normalized spacial score (nSPS) is 39.6. The molecular weight excluding hydrogens is 262 g/mol. The summed E-state index contributed by atoms with van der Waals surface area (Å²) in [6.07, 6.45) is 5.91. The van der Waals surface area contributed by atoms with Crippen LogP contribution in [0.25, 0.3) is 0 Å². The Bertz CT molecular complexity index is 410. The van der Waals surface area contributed by atoms with Crippen LogP contribution in [0.15, 0.2) is 0 Å². The van der Waals surface area contributed by atoms with Crippen LogP contribution < -0.4 is 11.1 Å². The van der Waals surface area contributed by atoms with E-state index in [4.69, 9.17) is 5.73 Å². The highest BCUT2D eigenvalue weighted by molar-refractivity contribution is 5.78. The number of amides is 1. The Balaban J connectivity index is 1.57. The predicted octanol–water partition coefficient (Wildman–Crippen LogP) is 1.74. The predicted molar refractivity (Wildman–Crippen MR) is 84.8 cm³/mol. The Morgan fingerprint density at radius 3 is 2.48 bits per heavy atom. The summed E-state index contributed by atoms with van der Waals surface area (Å²) in [7, 11) is 0. The minimum Gasteiger partial charge on any atom is -0.351 e. The van der Waals surface area contributed by atoms with Crippen molar-refractivity contribution in [3.8, 4) is 0 Å². The molecule has 4 heteroatoms. The van der Waals surface area contributed by atoms with E-state index < -0.39 is 0 Å². The lowest BCUT2D eigenvalue weighted by molar-refractivity contribution is -0.125. The molecule has 3 N–H and O–H groups in total. The number of nitrogens with two attached hydrogens (primary N) is 1. The first-order chi connectivity index (χ1) is 9.81. The lowest BCUT2D eigenvalue weighted by atomic mass is 9.68. The van der Waals surface area contributed by atoms with E-state index in [1.807, 2.05) is 0 Å². The van der Waals surface area contributed by atoms with Crippen LogP contribution in [0.5, 0.6) is 0 Å². The van der Waals surface area contributed by atoms with Crippen LogP contribution in [0.4, 0.5) is 0 Å². The number of fused-ring (bicyclic) bond motifs is 2. The molecule has 0 aromatic rings. The number of likely N-dealkylation sites (tertiary alicyclic amines) is 1. The molecule has 3 atom stereocenters. The van der Waals surface area contributed by atoms with Gasteiger partial charge in [-0.15, -0.1) is 0 Å². The van der Waals surface area contributed by atoms with E-state index in [2.05, 4.69) is 31.0 Å². The summed E-state index contributed by atoms with van der Waals surface area (Å²) in [5.74, 6) is 0.984. The summed E-state index contributed by atoms with van der Waals surface area (Å²) in [4.78, 5) is 14.7. The van der Waals surface area contributed by atoms with Gasteiger partial charge in [-0.05, 0) is 48.9 Å². The van der Waals surface area contributed by atoms with Crippen molar-refractivity contribution in [2.24, 2.45) is 22.5 Å². The molecule has 1 saturated heterocycles. The van der Waals surface area contributed by atoms with Crippen molar-refractivity contribution >= 4 is 5.91 Å². The highest BCUT2D eigenvalue weighted by Crippen LogP contribution is 2.62. The van der Waals surface area contributed by atoms with E-state index in [0.29, 0.717) is 24.0 Å². The van der Waals surface area contributed by atoms with Crippen molar-refractivity contribution in [1.82, 2.24) is 10.2 Å². The van der Waals surface area contributed by atoms with E-state index in [0.717, 1.165) is 31.8 Å². The van der Waals surface area contributed by atoms with Crippen LogP contribution in [-0.4, -0.2) is 42.5 Å². The first-order valence-corrected chi connectivity index (χ1v) is 8.58. The summed E-state index contributed by atoms with van der Waals surface area (Å²) in [5.41, 5.74) is 6.48. The molecule has 0 aromatic heterocycles. The number of hydrogen-bond acceptors (Lipinski definition) is 3. The second-order valence-corrected chi connectivity index (χ2v) is 8.53. The minimum atomic E-state index is 0.206. The number of carbonyl (C=O) groups is 1. The first-order valence-electron chi connectivity index (χ1n) is 8.58. The highest BCUT2D eigenvalue weighted by Gasteiger charge is 2.59. The van der Waals surface area contributed by atoms with Gasteiger partial charge in [-0.3, -0.25) is 9.69 Å². The zero-order valence-electron chi connectivity index (χ0n) is 13.8. The molecule has 0 spiro atoms. The minimum absolute atomic E-state index is 0.206. The van der Waals surface area contributed by atoms with Crippen molar-refractivity contribution in [3.63, 3.8) is 0 Å². The fourth-order valence-electron chi connectivity index (χ4n) is 5.18. The first kappa shape index (κ1) is 15.3. The highest BCUT2D eigenvalue weighted by atomic mass is 16.2. The van der Waals surface area contributed by atoms with Gasteiger partial charge in [0.25, 0.3) is 0 Å². The van der Waals surface area contributed by atoms with E-state index >= 15 is 0 Å². The van der Waals surface area contributed by atoms with Crippen LogP contribution in [-0.2, 0) is 4.79 Å². The van der Waals surface area contributed by atoms with Gasteiger partial charge in [-0.1, -0.05) is 20.8 Å². The Labute approximate surface area is 128 Å². The Kier molecular flexibility index (Phi) is 3.81. The summed E-state index contributed by atoms with van der Waals surface area (Å²) in [5, 5.41) is 3.39. The Morgan fingerprint density at radius 1 is 1.24 bits per heavy atom. The standard InChI is InChI=1S/C17H31N3O/c1-16(2)12-4-7-17(3,10-12)15(16)19-14(21)11-20-8-5-13(18)6-9-20/h12-13,15H,4-11,18H2,1-3H3,(H,19,21). The quantitative estimate of drug-likeness (QED) is 0.833. The van der Waals surface area contributed by atoms with Crippen molar-refractivity contribution in [2.75, 3.05) is 19.6 Å². The average Bonchev–Trinajstić information content (AvgIpc) is 2.89. The molecule has 1 heterocycles. The molecule has 1 amide bonds. The number of carbonyl (C=O) groups excluding carboxylic acids is 1. The molecule has 3 fully saturated rings. The van der Waals surface area contributed by atoms with E-state index in [1.165, 1.54) is 19.3 Å². The van der Waals surface area contributed by atoms with Crippen molar-refractivity contribution < 1.29 is 4.79 Å². The summed E-state index contributed by atoms with van der Waals surface area (Å²) in [6, 6.07) is 0.663. The van der Waals surface area contributed by atoms with Gasteiger partial charge < -0.3 is 11.1 Å². The molecule has 4 nitrogen and oxygen atoms in total. The monoisotopic (exact) mass is 293 g/mol. The molecule has 3 rings (SSSR count). The molecule has 0 aromatic carbocycles. The van der Waals surface area contributed by atoms with Gasteiger partial charge >= 0.3 is 0 Å². The third-order valence-electron chi connectivity index (χ3n) is 6.57. The fraction of sp³-hybridized carbons (Fsp3) is 0.941. The number of hydrogen-bond donors (Lipinski definition) is 2. The van der Waals surface area contributed by atoms with E-state index in [-0.39, 0.29) is 11.3 Å². The van der Waals surface area contributed by atoms with E-state index in [1.54, 1.807) is 0 Å². The summed E-state index contributed by atoms with van der Waals surface area (Å²) < 4.78 is 0. The van der Waals surface area contributed by atoms with Gasteiger partial charge in [-0.25, -0.2) is 0 Å². The van der Waals surface area contributed by atoms with Gasteiger partial charge in [0, 0.05) is 25.2 Å². The van der Waals surface area contributed by atoms with Crippen molar-refractivity contribution in [2.45, 2.75) is 65.0 Å². The third-order valence-corrected chi connectivity index (χ3v) is 6.57. The molecule has 2 saturated carbocycles. The second kappa shape index (κ2) is 5.24. The van der Waals surface area contributed by atoms with Gasteiger partial charge in [-0.2, -0.15) is 0 Å². The molecule has 3 aliphatic rings. The second-order valence-electron chi connectivity index (χ2n) is 8.53. The van der Waals surface area contributed by atoms with Crippen molar-refractivity contribution in [3.05, 3.63) is 0 Å². The average molecular weight is 293 g/mol. The smallest absolute Gasteiger partial charge is 0.234 e. The van der Waals surface area contributed by atoms with Crippen LogP contribution in [0.3, 0.4) is 0 Å². The zero-order chi connectivity index (χ0) is 15.3. The van der Waals surface area contributed by atoms with E-state index in [9.17, 15) is 4.79 Å². The number of nitrogens with zero attached hydrogens (tertiary/aromatic N) is 1. The molecule has 120 valence electrons. The third kappa shape index (κ3) is 2.72. The molecular formula is C17H31N3O. The lowest BCUT2D eigenvalue weighted by Crippen LogP contribution is -2.55. The maximum atomic E-state index is 12.5. The topological polar surface area (TPSA) is 58.4 Å². The largest absolute Gasteiger partial charge is 0.351 e. The summed E-state index contributed by atoms with van der Waals surface area (Å²) >= 11 is 0. The molecule has 3 unspecified atom stereocenters. The van der Waals surface area contributed by atoms with Gasteiger partial charge in [0.1, 0.15) is 0 Å². The molecule has 0 radical (unpaired) electrons. The van der Waals surface area contributed by atoms with Crippen LogP contribution >= 0.6 is 0 Å². The van der Waals surface area contributed by atoms with Gasteiger partial charge in [0.2, 0.25) is 5.91 Å². The zero-order valence-corrected chi connectivity index (χ0v) is 13.8. The number of rotatable bonds is 3. The number of nitrogens with one attached hydrogen (secondary N) is 1. The maximum absolute atomic E-state index is 12.5. The molecule has 2 bridgehead atoms. The molecule has 21 heavy (non-hydrogen) atoms. The van der Waals surface area contributed by atoms with Gasteiger partial charge in [0.15, 0.2) is 0 Å². The summed E-state index contributed by atoms with van der Waals surface area (Å²) in [6.45, 7) is 9.51. The fourth-order valence-corrected chi connectivity index (χ4v) is 5.18. The SMILES string of the molecule is CC12CCC(C1)C(C)(C)C2NC(=O)CN1CCC(N)CC1. The van der Waals surface area contributed by atoms with Crippen LogP contribution in [0.1, 0.15) is 52.9 Å². The lowest BCUT2D eigenvalue weighted by Gasteiger charge is -2.43. The van der Waals surface area contributed by atoms with Crippen LogP contribution in [0, 0.1) is 16.7 Å². The van der Waals surface area contributed by atoms with Crippen molar-refractivity contribution in [1.29, 1.82) is 0 Å².